The Balaban J connectivity index is 0.000000980. The molecule has 0 aromatic carbocycles. The van der Waals surface area contributed by atoms with Crippen molar-refractivity contribution >= 4 is 18.3 Å². The van der Waals surface area contributed by atoms with Crippen LogP contribution in [-0.2, 0) is 4.79 Å². The van der Waals surface area contributed by atoms with Crippen LogP contribution >= 0.6 is 12.4 Å². The van der Waals surface area contributed by atoms with Crippen molar-refractivity contribution in [3.05, 3.63) is 0 Å². The average Bonchev–Trinajstić information content (AvgIpc) is 2.65. The van der Waals surface area contributed by atoms with Crippen molar-refractivity contribution < 1.29 is 4.79 Å². The summed E-state index contributed by atoms with van der Waals surface area (Å²) in [6.45, 7) is 7.31. The molecule has 2 rings (SSSR count). The fourth-order valence-corrected chi connectivity index (χ4v) is 1.74. The number of carbonyl (C=O) groups excluding carboxylic acids is 1. The van der Waals surface area contributed by atoms with Gasteiger partial charge >= 0.3 is 0 Å². The zero-order chi connectivity index (χ0) is 9.69. The summed E-state index contributed by atoms with van der Waals surface area (Å²) in [6.07, 6.45) is 2.26. The maximum absolute atomic E-state index is 11.7. The SMILES string of the molecule is CC1(NC(=O)C2NCC2(C)C)CC1.Cl. The second-order valence-electron chi connectivity index (χ2n) is 5.35. The molecule has 1 aliphatic heterocycles. The molecule has 2 N–H and O–H groups in total. The van der Waals surface area contributed by atoms with Gasteiger partial charge in [0.25, 0.3) is 0 Å². The monoisotopic (exact) mass is 218 g/mol. The first kappa shape index (κ1) is 11.8. The first-order chi connectivity index (χ1) is 5.93. The van der Waals surface area contributed by atoms with Crippen molar-refractivity contribution in [2.75, 3.05) is 6.54 Å². The number of halogens is 1. The van der Waals surface area contributed by atoms with Crippen LogP contribution in [0.4, 0.5) is 0 Å². The molecule has 1 atom stereocenters. The Morgan fingerprint density at radius 3 is 2.21 bits per heavy atom. The van der Waals surface area contributed by atoms with E-state index in [1.165, 1.54) is 0 Å². The van der Waals surface area contributed by atoms with E-state index in [0.29, 0.717) is 0 Å². The molecular formula is C10H19ClN2O. The Hall–Kier alpha value is -0.280. The van der Waals surface area contributed by atoms with Crippen LogP contribution < -0.4 is 10.6 Å². The van der Waals surface area contributed by atoms with Crippen molar-refractivity contribution in [2.24, 2.45) is 5.41 Å². The normalized spacial score (nSPS) is 30.9. The fourth-order valence-electron chi connectivity index (χ4n) is 1.74. The van der Waals surface area contributed by atoms with Crippen LogP contribution in [0, 0.1) is 5.41 Å². The average molecular weight is 219 g/mol. The van der Waals surface area contributed by atoms with E-state index in [-0.39, 0.29) is 35.3 Å². The number of hydrogen-bond donors (Lipinski definition) is 2. The Labute approximate surface area is 91.4 Å². The van der Waals surface area contributed by atoms with Gasteiger partial charge in [0.1, 0.15) is 0 Å². The van der Waals surface area contributed by atoms with E-state index < -0.39 is 0 Å². The van der Waals surface area contributed by atoms with Crippen molar-refractivity contribution in [2.45, 2.75) is 45.2 Å². The van der Waals surface area contributed by atoms with E-state index in [9.17, 15) is 4.79 Å². The molecule has 3 nitrogen and oxygen atoms in total. The smallest absolute Gasteiger partial charge is 0.238 e. The van der Waals surface area contributed by atoms with Gasteiger partial charge in [0.05, 0.1) is 6.04 Å². The third-order valence-electron chi connectivity index (χ3n) is 3.23. The zero-order valence-corrected chi connectivity index (χ0v) is 9.83. The maximum Gasteiger partial charge on any atom is 0.238 e. The second-order valence-corrected chi connectivity index (χ2v) is 5.35. The predicted molar refractivity (Wildman–Crippen MR) is 58.6 cm³/mol. The molecule has 1 heterocycles. The van der Waals surface area contributed by atoms with Crippen LogP contribution in [0.5, 0.6) is 0 Å². The van der Waals surface area contributed by atoms with Crippen LogP contribution in [0.1, 0.15) is 33.6 Å². The highest BCUT2D eigenvalue weighted by Gasteiger charge is 2.47. The number of hydrogen-bond acceptors (Lipinski definition) is 2. The van der Waals surface area contributed by atoms with Gasteiger partial charge in [-0.1, -0.05) is 13.8 Å². The highest BCUT2D eigenvalue weighted by atomic mass is 35.5. The highest BCUT2D eigenvalue weighted by Crippen LogP contribution is 2.36. The lowest BCUT2D eigenvalue weighted by atomic mass is 9.77. The van der Waals surface area contributed by atoms with Gasteiger partial charge in [-0.05, 0) is 19.8 Å². The molecule has 0 bridgehead atoms. The summed E-state index contributed by atoms with van der Waals surface area (Å²) in [5.41, 5.74) is 0.250. The van der Waals surface area contributed by atoms with Crippen molar-refractivity contribution in [1.29, 1.82) is 0 Å². The van der Waals surface area contributed by atoms with E-state index in [4.69, 9.17) is 0 Å². The molecule has 0 spiro atoms. The van der Waals surface area contributed by atoms with Crippen molar-refractivity contribution in [3.63, 3.8) is 0 Å². The molecule has 1 amide bonds. The molecule has 0 aromatic heterocycles. The summed E-state index contributed by atoms with van der Waals surface area (Å²) in [5.74, 6) is 0.177. The van der Waals surface area contributed by atoms with E-state index in [1.54, 1.807) is 0 Å². The third-order valence-corrected chi connectivity index (χ3v) is 3.23. The summed E-state index contributed by atoms with van der Waals surface area (Å²) in [7, 11) is 0. The second kappa shape index (κ2) is 3.38. The molecule has 0 radical (unpaired) electrons. The topological polar surface area (TPSA) is 41.1 Å². The van der Waals surface area contributed by atoms with Gasteiger partial charge in [-0.2, -0.15) is 0 Å². The Morgan fingerprint density at radius 2 is 1.93 bits per heavy atom. The predicted octanol–water partition coefficient (Wildman–Crippen LogP) is 1.07. The van der Waals surface area contributed by atoms with Crippen molar-refractivity contribution in [1.82, 2.24) is 10.6 Å². The maximum atomic E-state index is 11.7. The molecule has 4 heteroatoms. The molecular weight excluding hydrogens is 200 g/mol. The molecule has 14 heavy (non-hydrogen) atoms. The van der Waals surface area contributed by atoms with Gasteiger partial charge in [0.15, 0.2) is 0 Å². The summed E-state index contributed by atoms with van der Waals surface area (Å²) in [5, 5.41) is 6.26. The summed E-state index contributed by atoms with van der Waals surface area (Å²) in [6, 6.07) is 0.0184. The minimum atomic E-state index is 0. The lowest BCUT2D eigenvalue weighted by molar-refractivity contribution is -0.130. The van der Waals surface area contributed by atoms with Crippen LogP contribution in [0.2, 0.25) is 0 Å². The molecule has 0 aromatic rings. The standard InChI is InChI=1S/C10H18N2O.ClH/c1-9(2)6-11-7(9)8(13)12-10(3)4-5-10;/h7,11H,4-6H2,1-3H3,(H,12,13);1H. The molecule has 2 fully saturated rings. The van der Waals surface area contributed by atoms with Crippen LogP contribution in [-0.4, -0.2) is 24.0 Å². The molecule has 1 saturated heterocycles. The highest BCUT2D eigenvalue weighted by molar-refractivity contribution is 5.85. The largest absolute Gasteiger partial charge is 0.350 e. The number of carbonyl (C=O) groups is 1. The first-order valence-electron chi connectivity index (χ1n) is 4.98. The van der Waals surface area contributed by atoms with Gasteiger partial charge < -0.3 is 10.6 Å². The summed E-state index contributed by atoms with van der Waals surface area (Å²) < 4.78 is 0. The van der Waals surface area contributed by atoms with Crippen LogP contribution in [0.15, 0.2) is 0 Å². The molecule has 2 aliphatic rings. The van der Waals surface area contributed by atoms with Crippen LogP contribution in [0.3, 0.4) is 0 Å². The first-order valence-corrected chi connectivity index (χ1v) is 4.98. The summed E-state index contributed by atoms with van der Waals surface area (Å²) >= 11 is 0. The van der Waals surface area contributed by atoms with Gasteiger partial charge in [-0.3, -0.25) is 4.79 Å². The van der Waals surface area contributed by atoms with E-state index >= 15 is 0 Å². The summed E-state index contributed by atoms with van der Waals surface area (Å²) in [4.78, 5) is 11.7. The number of rotatable bonds is 2. The van der Waals surface area contributed by atoms with Gasteiger partial charge in [-0.15, -0.1) is 12.4 Å². The molecule has 1 unspecified atom stereocenters. The van der Waals surface area contributed by atoms with E-state index in [1.807, 2.05) is 0 Å². The van der Waals surface area contributed by atoms with E-state index in [2.05, 4.69) is 31.4 Å². The Bertz CT molecular complexity index is 249. The lowest BCUT2D eigenvalue weighted by Crippen LogP contribution is -2.66. The Kier molecular flexibility index (Phi) is 2.85. The van der Waals surface area contributed by atoms with Crippen LogP contribution in [0.25, 0.3) is 0 Å². The molecule has 1 aliphatic carbocycles. The molecule has 82 valence electrons. The fraction of sp³-hybridized carbons (Fsp3) is 0.900. The van der Waals surface area contributed by atoms with Gasteiger partial charge in [-0.25, -0.2) is 0 Å². The van der Waals surface area contributed by atoms with Gasteiger partial charge in [0, 0.05) is 17.5 Å². The minimum absolute atomic E-state index is 0. The van der Waals surface area contributed by atoms with Gasteiger partial charge in [0.2, 0.25) is 5.91 Å². The lowest BCUT2D eigenvalue weighted by Gasteiger charge is -2.44. The third kappa shape index (κ3) is 2.04. The van der Waals surface area contributed by atoms with Crippen molar-refractivity contribution in [3.8, 4) is 0 Å². The molecule has 1 saturated carbocycles. The Morgan fingerprint density at radius 1 is 1.36 bits per heavy atom. The van der Waals surface area contributed by atoms with E-state index in [0.717, 1.165) is 19.4 Å². The zero-order valence-electron chi connectivity index (χ0n) is 9.02. The minimum Gasteiger partial charge on any atom is -0.350 e. The number of nitrogens with one attached hydrogen (secondary N) is 2. The quantitative estimate of drug-likeness (QED) is 0.728. The number of amides is 1.